The molecule has 2 saturated heterocycles. The van der Waals surface area contributed by atoms with Crippen molar-refractivity contribution in [1.29, 1.82) is 0 Å². The summed E-state index contributed by atoms with van der Waals surface area (Å²) in [6, 6.07) is 4.69. The molecule has 3 rings (SSSR count). The molecule has 1 aromatic carbocycles. The summed E-state index contributed by atoms with van der Waals surface area (Å²) in [6.07, 6.45) is 1.70. The van der Waals surface area contributed by atoms with Crippen molar-refractivity contribution in [3.63, 3.8) is 0 Å². The molecule has 2 aliphatic rings. The lowest BCUT2D eigenvalue weighted by molar-refractivity contribution is 0.195. The van der Waals surface area contributed by atoms with Crippen molar-refractivity contribution in [2.45, 2.75) is 18.9 Å². The van der Waals surface area contributed by atoms with Gasteiger partial charge in [-0.05, 0) is 31.0 Å². The second-order valence-electron chi connectivity index (χ2n) is 6.26. The van der Waals surface area contributed by atoms with Crippen molar-refractivity contribution in [1.82, 2.24) is 10.2 Å². The molecule has 1 aromatic rings. The number of carbonyl (C=O) groups excluding carboxylic acids is 1. The largest absolute Gasteiger partial charge is 0.396 e. The van der Waals surface area contributed by atoms with Crippen molar-refractivity contribution in [3.8, 4) is 0 Å². The molecular weight excluding hydrogens is 321 g/mol. The van der Waals surface area contributed by atoms with Gasteiger partial charge in [0, 0.05) is 50.4 Å². The third-order valence-electron chi connectivity index (χ3n) is 4.62. The lowest BCUT2D eigenvalue weighted by Gasteiger charge is -2.22. The van der Waals surface area contributed by atoms with Crippen LogP contribution in [0, 0.1) is 11.7 Å². The smallest absolute Gasteiger partial charge is 0.317 e. The van der Waals surface area contributed by atoms with E-state index < -0.39 is 5.82 Å². The quantitative estimate of drug-likeness (QED) is 0.885. The first-order chi connectivity index (χ1) is 11.1. The number of benzene rings is 1. The van der Waals surface area contributed by atoms with Crippen LogP contribution < -0.4 is 10.2 Å². The van der Waals surface area contributed by atoms with Crippen molar-refractivity contribution in [2.24, 2.45) is 5.92 Å². The minimum Gasteiger partial charge on any atom is -0.396 e. The molecule has 2 fully saturated rings. The highest BCUT2D eigenvalue weighted by atomic mass is 35.5. The standard InChI is InChI=1S/C16H21ClFN3O2/c17-14-7-13(1-2-15(14)18)20-6-4-12(9-20)19-16(23)21-5-3-11(8-21)10-22/h1-2,7,11-12,22H,3-6,8-10H2,(H,19,23)/t11-,12+/m1/s1. The van der Waals surface area contributed by atoms with Crippen LogP contribution in [0.3, 0.4) is 0 Å². The highest BCUT2D eigenvalue weighted by molar-refractivity contribution is 6.31. The fourth-order valence-corrected chi connectivity index (χ4v) is 3.40. The summed E-state index contributed by atoms with van der Waals surface area (Å²) in [5.41, 5.74) is 0.870. The maximum atomic E-state index is 13.2. The van der Waals surface area contributed by atoms with E-state index in [9.17, 15) is 9.18 Å². The fourth-order valence-electron chi connectivity index (χ4n) is 3.23. The number of aliphatic hydroxyl groups is 1. The SMILES string of the molecule is O=C(N[C@H]1CCN(c2ccc(F)c(Cl)c2)C1)N1CC[C@@H](CO)C1. The molecule has 5 nitrogen and oxygen atoms in total. The molecule has 2 heterocycles. The van der Waals surface area contributed by atoms with Gasteiger partial charge in [-0.2, -0.15) is 0 Å². The summed E-state index contributed by atoms with van der Waals surface area (Å²) < 4.78 is 13.2. The van der Waals surface area contributed by atoms with Crippen molar-refractivity contribution in [2.75, 3.05) is 37.7 Å². The summed E-state index contributed by atoms with van der Waals surface area (Å²) >= 11 is 5.83. The third kappa shape index (κ3) is 3.70. The summed E-state index contributed by atoms with van der Waals surface area (Å²) in [6.45, 7) is 2.93. The molecule has 0 unspecified atom stereocenters. The number of amides is 2. The van der Waals surface area contributed by atoms with Crippen LogP contribution in [0.5, 0.6) is 0 Å². The zero-order valence-corrected chi connectivity index (χ0v) is 13.6. The second-order valence-corrected chi connectivity index (χ2v) is 6.67. The number of carbonyl (C=O) groups is 1. The second kappa shape index (κ2) is 6.93. The molecule has 0 aliphatic carbocycles. The highest BCUT2D eigenvalue weighted by Crippen LogP contribution is 2.26. The van der Waals surface area contributed by atoms with Crippen molar-refractivity contribution >= 4 is 23.3 Å². The van der Waals surface area contributed by atoms with Crippen LogP contribution in [-0.2, 0) is 0 Å². The van der Waals surface area contributed by atoms with Gasteiger partial charge in [0.15, 0.2) is 0 Å². The molecule has 23 heavy (non-hydrogen) atoms. The number of nitrogens with zero attached hydrogens (tertiary/aromatic N) is 2. The monoisotopic (exact) mass is 341 g/mol. The molecule has 0 bridgehead atoms. The van der Waals surface area contributed by atoms with E-state index in [1.165, 1.54) is 6.07 Å². The van der Waals surface area contributed by atoms with E-state index in [1.54, 1.807) is 17.0 Å². The van der Waals surface area contributed by atoms with E-state index in [-0.39, 0.29) is 29.6 Å². The molecule has 2 N–H and O–H groups in total. The van der Waals surface area contributed by atoms with E-state index in [4.69, 9.17) is 16.7 Å². The highest BCUT2D eigenvalue weighted by Gasteiger charge is 2.29. The average Bonchev–Trinajstić information content (AvgIpc) is 3.19. The molecule has 2 amide bonds. The third-order valence-corrected chi connectivity index (χ3v) is 4.91. The number of rotatable bonds is 3. The molecular formula is C16H21ClFN3O2. The lowest BCUT2D eigenvalue weighted by Crippen LogP contribution is -2.45. The Hall–Kier alpha value is -1.53. The fraction of sp³-hybridized carbons (Fsp3) is 0.562. The Labute approximate surface area is 140 Å². The van der Waals surface area contributed by atoms with Crippen molar-refractivity contribution in [3.05, 3.63) is 29.0 Å². The number of aliphatic hydroxyl groups excluding tert-OH is 1. The maximum absolute atomic E-state index is 13.2. The molecule has 2 aliphatic heterocycles. The Morgan fingerprint density at radius 1 is 1.35 bits per heavy atom. The predicted octanol–water partition coefficient (Wildman–Crippen LogP) is 2.08. The minimum absolute atomic E-state index is 0.0649. The van der Waals surface area contributed by atoms with E-state index in [0.29, 0.717) is 19.6 Å². The molecule has 0 radical (unpaired) electrons. The molecule has 0 spiro atoms. The predicted molar refractivity (Wildman–Crippen MR) is 87.3 cm³/mol. The Kier molecular flexibility index (Phi) is 4.92. The van der Waals surface area contributed by atoms with Gasteiger partial charge in [0.25, 0.3) is 0 Å². The molecule has 126 valence electrons. The summed E-state index contributed by atoms with van der Waals surface area (Å²) in [7, 11) is 0. The number of hydrogen-bond acceptors (Lipinski definition) is 3. The summed E-state index contributed by atoms with van der Waals surface area (Å²) in [5.74, 6) is -0.228. The minimum atomic E-state index is -0.424. The number of anilines is 1. The Morgan fingerprint density at radius 2 is 2.17 bits per heavy atom. The number of nitrogens with one attached hydrogen (secondary N) is 1. The zero-order valence-electron chi connectivity index (χ0n) is 12.8. The van der Waals surface area contributed by atoms with Crippen LogP contribution >= 0.6 is 11.6 Å². The molecule has 2 atom stereocenters. The first-order valence-corrected chi connectivity index (χ1v) is 8.31. The molecule has 7 heteroatoms. The summed E-state index contributed by atoms with van der Waals surface area (Å²) in [5, 5.41) is 12.3. The lowest BCUT2D eigenvalue weighted by atomic mass is 10.1. The van der Waals surface area contributed by atoms with E-state index in [0.717, 1.165) is 25.1 Å². The van der Waals surface area contributed by atoms with Gasteiger partial charge in [0.05, 0.1) is 5.02 Å². The number of hydrogen-bond donors (Lipinski definition) is 2. The molecule has 0 aromatic heterocycles. The van der Waals surface area contributed by atoms with Crippen molar-refractivity contribution < 1.29 is 14.3 Å². The Morgan fingerprint density at radius 3 is 2.87 bits per heavy atom. The van der Waals surface area contributed by atoms with Gasteiger partial charge in [-0.1, -0.05) is 11.6 Å². The van der Waals surface area contributed by atoms with Gasteiger partial charge in [-0.25, -0.2) is 9.18 Å². The number of halogens is 2. The first kappa shape index (κ1) is 16.3. The van der Waals surface area contributed by atoms with Crippen LogP contribution in [-0.4, -0.2) is 54.9 Å². The van der Waals surface area contributed by atoms with Gasteiger partial charge in [-0.15, -0.1) is 0 Å². The van der Waals surface area contributed by atoms with Crippen LogP contribution in [0.25, 0.3) is 0 Å². The van der Waals surface area contributed by atoms with Crippen LogP contribution in [0.4, 0.5) is 14.9 Å². The van der Waals surface area contributed by atoms with Gasteiger partial charge >= 0.3 is 6.03 Å². The summed E-state index contributed by atoms with van der Waals surface area (Å²) in [4.78, 5) is 16.1. The van der Waals surface area contributed by atoms with E-state index in [2.05, 4.69) is 10.2 Å². The zero-order chi connectivity index (χ0) is 16.4. The Balaban J connectivity index is 1.53. The average molecular weight is 342 g/mol. The normalized spacial score (nSPS) is 24.3. The van der Waals surface area contributed by atoms with Crippen LogP contribution in [0.1, 0.15) is 12.8 Å². The van der Waals surface area contributed by atoms with Gasteiger partial charge < -0.3 is 20.2 Å². The van der Waals surface area contributed by atoms with Crippen LogP contribution in [0.2, 0.25) is 5.02 Å². The number of likely N-dealkylation sites (tertiary alicyclic amines) is 1. The number of urea groups is 1. The van der Waals surface area contributed by atoms with E-state index in [1.807, 2.05) is 0 Å². The Bertz CT molecular complexity index is 586. The van der Waals surface area contributed by atoms with E-state index >= 15 is 0 Å². The van der Waals surface area contributed by atoms with Crippen LogP contribution in [0.15, 0.2) is 18.2 Å². The van der Waals surface area contributed by atoms with Gasteiger partial charge in [0.1, 0.15) is 5.82 Å². The topological polar surface area (TPSA) is 55.8 Å². The van der Waals surface area contributed by atoms with Gasteiger partial charge in [0.2, 0.25) is 0 Å². The first-order valence-electron chi connectivity index (χ1n) is 7.93. The van der Waals surface area contributed by atoms with Gasteiger partial charge in [-0.3, -0.25) is 0 Å². The molecule has 0 saturated carbocycles. The maximum Gasteiger partial charge on any atom is 0.317 e.